The van der Waals surface area contributed by atoms with E-state index in [2.05, 4.69) is 0 Å². The van der Waals surface area contributed by atoms with Crippen molar-refractivity contribution in [1.29, 1.82) is 0 Å². The summed E-state index contributed by atoms with van der Waals surface area (Å²) in [5, 5.41) is 2.03. The number of piperazine rings is 1. The fourth-order valence-electron chi connectivity index (χ4n) is 1.80. The van der Waals surface area contributed by atoms with Crippen LogP contribution >= 0.6 is 0 Å². The number of nitrogen functional groups attached to an aromatic ring is 1. The zero-order valence-corrected chi connectivity index (χ0v) is 11.4. The number of imide groups is 1. The van der Waals surface area contributed by atoms with Gasteiger partial charge < -0.3 is 10.5 Å². The molecule has 0 saturated carbocycles. The Morgan fingerprint density at radius 3 is 2.35 bits per heavy atom. The van der Waals surface area contributed by atoms with Crippen LogP contribution in [0.15, 0.2) is 23.1 Å². The molecule has 9 heteroatoms. The van der Waals surface area contributed by atoms with Gasteiger partial charge in [-0.2, -0.15) is 4.31 Å². The Hall–Kier alpha value is -2.13. The molecular formula is C11H13N3O5S. The van der Waals surface area contributed by atoms with Crippen molar-refractivity contribution in [2.45, 2.75) is 4.90 Å². The van der Waals surface area contributed by atoms with Crippen LogP contribution in [0.25, 0.3) is 0 Å². The van der Waals surface area contributed by atoms with Crippen LogP contribution in [-0.2, 0) is 19.6 Å². The standard InChI is InChI=1S/C11H13N3O5S/c1-19-9-3-2-7(4-8(9)12)20(17,18)14-5-10(15)13-11(16)6-14/h2-4H,5-6,12H2,1H3,(H,13,15,16). The minimum Gasteiger partial charge on any atom is -0.495 e. The van der Waals surface area contributed by atoms with Gasteiger partial charge in [0.25, 0.3) is 0 Å². The summed E-state index contributed by atoms with van der Waals surface area (Å²) in [5.41, 5.74) is 5.81. The Labute approximate surface area is 115 Å². The summed E-state index contributed by atoms with van der Waals surface area (Å²) in [6.45, 7) is -0.806. The molecule has 2 rings (SSSR count). The predicted molar refractivity (Wildman–Crippen MR) is 69.3 cm³/mol. The number of rotatable bonds is 3. The molecule has 1 aromatic rings. The van der Waals surface area contributed by atoms with E-state index in [0.29, 0.717) is 5.75 Å². The first-order valence-corrected chi connectivity index (χ1v) is 7.05. The molecule has 0 radical (unpaired) electrons. The number of amides is 2. The Bertz CT molecular complexity index is 655. The summed E-state index contributed by atoms with van der Waals surface area (Å²) >= 11 is 0. The summed E-state index contributed by atoms with van der Waals surface area (Å²) in [5.74, 6) is -0.978. The number of carbonyl (C=O) groups excluding carboxylic acids is 2. The van der Waals surface area contributed by atoms with Gasteiger partial charge in [0.2, 0.25) is 21.8 Å². The number of sulfonamides is 1. The maximum atomic E-state index is 12.3. The van der Waals surface area contributed by atoms with Gasteiger partial charge in [-0.15, -0.1) is 0 Å². The zero-order chi connectivity index (χ0) is 14.9. The highest BCUT2D eigenvalue weighted by Gasteiger charge is 2.33. The van der Waals surface area contributed by atoms with Crippen LogP contribution in [0.1, 0.15) is 0 Å². The molecule has 0 bridgehead atoms. The average Bonchev–Trinajstić information content (AvgIpc) is 2.37. The minimum atomic E-state index is -3.96. The van der Waals surface area contributed by atoms with Crippen LogP contribution in [0.2, 0.25) is 0 Å². The van der Waals surface area contributed by atoms with E-state index in [0.717, 1.165) is 4.31 Å². The molecule has 2 amide bonds. The Balaban J connectivity index is 2.37. The number of nitrogens with one attached hydrogen (secondary N) is 1. The fourth-order valence-corrected chi connectivity index (χ4v) is 3.19. The number of nitrogens with zero attached hydrogens (tertiary/aromatic N) is 1. The lowest BCUT2D eigenvalue weighted by Gasteiger charge is -2.24. The topological polar surface area (TPSA) is 119 Å². The monoisotopic (exact) mass is 299 g/mol. The quantitative estimate of drug-likeness (QED) is 0.541. The molecule has 0 aromatic heterocycles. The molecule has 1 fully saturated rings. The number of ether oxygens (including phenoxy) is 1. The van der Waals surface area contributed by atoms with Crippen LogP contribution in [0, 0.1) is 0 Å². The lowest BCUT2D eigenvalue weighted by molar-refractivity contribution is -0.134. The first-order chi connectivity index (χ1) is 9.34. The maximum absolute atomic E-state index is 12.3. The summed E-state index contributed by atoms with van der Waals surface area (Å²) in [6, 6.07) is 3.95. The molecule has 0 aliphatic carbocycles. The largest absolute Gasteiger partial charge is 0.495 e. The third-order valence-corrected chi connectivity index (χ3v) is 4.55. The van der Waals surface area contributed by atoms with Crippen molar-refractivity contribution in [3.8, 4) is 5.75 Å². The Morgan fingerprint density at radius 1 is 1.25 bits per heavy atom. The molecule has 20 heavy (non-hydrogen) atoms. The van der Waals surface area contributed by atoms with Crippen LogP contribution in [-0.4, -0.2) is 44.7 Å². The number of methoxy groups -OCH3 is 1. The number of benzene rings is 1. The highest BCUT2D eigenvalue weighted by Crippen LogP contribution is 2.26. The minimum absolute atomic E-state index is 0.0988. The summed E-state index contributed by atoms with van der Waals surface area (Å²) in [7, 11) is -2.55. The van der Waals surface area contributed by atoms with Crippen LogP contribution in [0.5, 0.6) is 5.75 Å². The molecule has 0 atom stereocenters. The average molecular weight is 299 g/mol. The molecule has 0 spiro atoms. The van der Waals surface area contributed by atoms with E-state index < -0.39 is 34.9 Å². The predicted octanol–water partition coefficient (Wildman–Crippen LogP) is -1.08. The van der Waals surface area contributed by atoms with Gasteiger partial charge in [-0.1, -0.05) is 0 Å². The van der Waals surface area contributed by atoms with Gasteiger partial charge in [0.1, 0.15) is 5.75 Å². The molecule has 1 aliphatic heterocycles. The van der Waals surface area contributed by atoms with Crippen molar-refractivity contribution in [2.24, 2.45) is 0 Å². The summed E-state index contributed by atoms with van der Waals surface area (Å²) in [4.78, 5) is 22.4. The Morgan fingerprint density at radius 2 is 1.85 bits per heavy atom. The molecule has 1 aromatic carbocycles. The number of nitrogens with two attached hydrogens (primary N) is 1. The van der Waals surface area contributed by atoms with Gasteiger partial charge in [-0.3, -0.25) is 14.9 Å². The van der Waals surface area contributed by atoms with E-state index in [9.17, 15) is 18.0 Å². The number of hydrogen-bond donors (Lipinski definition) is 2. The van der Waals surface area contributed by atoms with Crippen molar-refractivity contribution in [3.05, 3.63) is 18.2 Å². The molecule has 0 unspecified atom stereocenters. The van der Waals surface area contributed by atoms with Gasteiger partial charge in [0, 0.05) is 0 Å². The van der Waals surface area contributed by atoms with Crippen molar-refractivity contribution in [1.82, 2.24) is 9.62 Å². The lowest BCUT2D eigenvalue weighted by Crippen LogP contribution is -2.53. The van der Waals surface area contributed by atoms with Crippen molar-refractivity contribution < 1.29 is 22.7 Å². The normalized spacial score (nSPS) is 16.9. The first kappa shape index (κ1) is 14.3. The Kier molecular flexibility index (Phi) is 3.64. The van der Waals surface area contributed by atoms with E-state index in [1.165, 1.54) is 25.3 Å². The molecular weight excluding hydrogens is 286 g/mol. The molecule has 8 nitrogen and oxygen atoms in total. The SMILES string of the molecule is COc1ccc(S(=O)(=O)N2CC(=O)NC(=O)C2)cc1N. The zero-order valence-electron chi connectivity index (χ0n) is 10.6. The summed E-state index contributed by atoms with van der Waals surface area (Å²) in [6.07, 6.45) is 0. The van der Waals surface area contributed by atoms with Crippen molar-refractivity contribution in [2.75, 3.05) is 25.9 Å². The molecule has 3 N–H and O–H groups in total. The number of anilines is 1. The molecule has 1 heterocycles. The van der Waals surface area contributed by atoms with Crippen LogP contribution < -0.4 is 15.8 Å². The van der Waals surface area contributed by atoms with Gasteiger partial charge in [-0.05, 0) is 18.2 Å². The van der Waals surface area contributed by atoms with Crippen molar-refractivity contribution in [3.63, 3.8) is 0 Å². The van der Waals surface area contributed by atoms with Gasteiger partial charge in [0.05, 0.1) is 30.8 Å². The van der Waals surface area contributed by atoms with E-state index in [-0.39, 0.29) is 10.6 Å². The van der Waals surface area contributed by atoms with E-state index in [1.807, 2.05) is 5.32 Å². The second kappa shape index (κ2) is 5.10. The van der Waals surface area contributed by atoms with Gasteiger partial charge in [0.15, 0.2) is 0 Å². The molecule has 1 aliphatic rings. The van der Waals surface area contributed by atoms with Gasteiger partial charge in [-0.25, -0.2) is 8.42 Å². The maximum Gasteiger partial charge on any atom is 0.244 e. The smallest absolute Gasteiger partial charge is 0.244 e. The van der Waals surface area contributed by atoms with E-state index in [4.69, 9.17) is 10.5 Å². The van der Waals surface area contributed by atoms with E-state index >= 15 is 0 Å². The van der Waals surface area contributed by atoms with E-state index in [1.54, 1.807) is 0 Å². The summed E-state index contributed by atoms with van der Waals surface area (Å²) < 4.78 is 30.4. The second-order valence-corrected chi connectivity index (χ2v) is 6.09. The number of carbonyl (C=O) groups is 2. The van der Waals surface area contributed by atoms with Gasteiger partial charge >= 0.3 is 0 Å². The second-order valence-electron chi connectivity index (χ2n) is 4.15. The third kappa shape index (κ3) is 2.58. The van der Waals surface area contributed by atoms with Crippen LogP contribution in [0.4, 0.5) is 5.69 Å². The fraction of sp³-hybridized carbons (Fsp3) is 0.273. The molecule has 108 valence electrons. The van der Waals surface area contributed by atoms with Crippen molar-refractivity contribution >= 4 is 27.5 Å². The highest BCUT2D eigenvalue weighted by molar-refractivity contribution is 7.89. The third-order valence-electron chi connectivity index (χ3n) is 2.76. The highest BCUT2D eigenvalue weighted by atomic mass is 32.2. The lowest BCUT2D eigenvalue weighted by atomic mass is 10.3. The molecule has 1 saturated heterocycles. The number of hydrogen-bond acceptors (Lipinski definition) is 6. The van der Waals surface area contributed by atoms with Crippen LogP contribution in [0.3, 0.4) is 0 Å². The first-order valence-electron chi connectivity index (χ1n) is 5.61.